The van der Waals surface area contributed by atoms with Gasteiger partial charge < -0.3 is 19.5 Å². The number of likely N-dealkylation sites (N-methyl/N-ethyl adjacent to an activating group) is 1. The molecule has 1 fully saturated rings. The first-order chi connectivity index (χ1) is 15.1. The number of carbonyl (C=O) groups is 1. The predicted octanol–water partition coefficient (Wildman–Crippen LogP) is 3.75. The lowest BCUT2D eigenvalue weighted by atomic mass is 10.2. The Morgan fingerprint density at radius 2 is 1.94 bits per heavy atom. The van der Waals surface area contributed by atoms with Crippen molar-refractivity contribution >= 4 is 29.0 Å². The Labute approximate surface area is 184 Å². The Bertz CT molecular complexity index is 1040. The van der Waals surface area contributed by atoms with E-state index in [2.05, 4.69) is 32.2 Å². The van der Waals surface area contributed by atoms with Crippen molar-refractivity contribution in [2.45, 2.75) is 12.1 Å². The van der Waals surface area contributed by atoms with E-state index in [0.29, 0.717) is 5.56 Å². The van der Waals surface area contributed by atoms with E-state index in [1.807, 2.05) is 24.3 Å². The molecular weight excluding hydrogens is 417 g/mol. The summed E-state index contributed by atoms with van der Waals surface area (Å²) in [6.07, 6.45) is 0. The van der Waals surface area contributed by atoms with Gasteiger partial charge in [-0.05, 0) is 36.9 Å². The minimum Gasteiger partial charge on any atom is -0.411 e. The van der Waals surface area contributed by atoms with E-state index in [-0.39, 0.29) is 28.6 Å². The number of halogens is 1. The number of carbonyl (C=O) groups excluding carboxylic acids is 1. The summed E-state index contributed by atoms with van der Waals surface area (Å²) in [5.41, 5.74) is 2.33. The quantitative estimate of drug-likeness (QED) is 0.560. The van der Waals surface area contributed by atoms with E-state index in [4.69, 9.17) is 4.42 Å². The van der Waals surface area contributed by atoms with Crippen LogP contribution in [-0.2, 0) is 4.79 Å². The van der Waals surface area contributed by atoms with Crippen LogP contribution in [0.25, 0.3) is 11.5 Å². The Balaban J connectivity index is 1.35. The second-order valence-corrected chi connectivity index (χ2v) is 8.09. The van der Waals surface area contributed by atoms with Gasteiger partial charge >= 0.3 is 0 Å². The van der Waals surface area contributed by atoms with E-state index in [9.17, 15) is 9.18 Å². The van der Waals surface area contributed by atoms with Gasteiger partial charge in [-0.1, -0.05) is 36.9 Å². The van der Waals surface area contributed by atoms with Crippen molar-refractivity contribution in [3.8, 4) is 11.5 Å². The van der Waals surface area contributed by atoms with Crippen LogP contribution in [0.4, 0.5) is 15.8 Å². The first-order valence-corrected chi connectivity index (χ1v) is 11.2. The molecule has 3 aromatic rings. The van der Waals surface area contributed by atoms with Crippen LogP contribution in [0.5, 0.6) is 0 Å². The van der Waals surface area contributed by atoms with E-state index < -0.39 is 0 Å². The zero-order valence-electron chi connectivity index (χ0n) is 17.3. The smallest absolute Gasteiger partial charge is 0.277 e. The van der Waals surface area contributed by atoms with Crippen LogP contribution in [-0.4, -0.2) is 59.5 Å². The standard InChI is InChI=1S/C22H24FN5O2S/c1-2-27-10-12-28(13-11-27)19-9-4-3-8-18(19)24-20(29)15-31-22-26-25-21(30-22)16-6-5-7-17(23)14-16/h3-9,14H,2,10-13,15H2,1H3,(H,24,29). The van der Waals surface area contributed by atoms with E-state index in [1.165, 1.54) is 12.1 Å². The summed E-state index contributed by atoms with van der Waals surface area (Å²) in [5, 5.41) is 11.1. The summed E-state index contributed by atoms with van der Waals surface area (Å²) in [7, 11) is 0. The summed E-state index contributed by atoms with van der Waals surface area (Å²) < 4.78 is 18.9. The average molecular weight is 442 g/mol. The lowest BCUT2D eigenvalue weighted by Crippen LogP contribution is -2.46. The number of hydrogen-bond acceptors (Lipinski definition) is 7. The summed E-state index contributed by atoms with van der Waals surface area (Å²) in [5.74, 6) is -0.184. The number of rotatable bonds is 7. The molecule has 0 spiro atoms. The molecule has 1 aliphatic heterocycles. The fourth-order valence-electron chi connectivity index (χ4n) is 3.48. The molecule has 0 aliphatic carbocycles. The molecule has 162 valence electrons. The lowest BCUT2D eigenvalue weighted by molar-refractivity contribution is -0.113. The zero-order valence-corrected chi connectivity index (χ0v) is 18.1. The van der Waals surface area contributed by atoms with Crippen LogP contribution in [0.2, 0.25) is 0 Å². The number of anilines is 2. The van der Waals surface area contributed by atoms with E-state index in [1.54, 1.807) is 12.1 Å². The Morgan fingerprint density at radius 3 is 2.71 bits per heavy atom. The monoisotopic (exact) mass is 441 g/mol. The number of thioether (sulfide) groups is 1. The number of aromatic nitrogens is 2. The highest BCUT2D eigenvalue weighted by molar-refractivity contribution is 7.99. The maximum atomic E-state index is 13.4. The molecule has 31 heavy (non-hydrogen) atoms. The number of nitrogens with zero attached hydrogens (tertiary/aromatic N) is 4. The van der Waals surface area contributed by atoms with Gasteiger partial charge in [0.2, 0.25) is 11.8 Å². The van der Waals surface area contributed by atoms with Crippen molar-refractivity contribution in [1.82, 2.24) is 15.1 Å². The number of benzene rings is 2. The molecule has 2 heterocycles. The fraction of sp³-hybridized carbons (Fsp3) is 0.318. The molecule has 1 amide bonds. The molecule has 4 rings (SSSR count). The average Bonchev–Trinajstić information content (AvgIpc) is 3.27. The third-order valence-electron chi connectivity index (χ3n) is 5.14. The third kappa shape index (κ3) is 5.42. The highest BCUT2D eigenvalue weighted by Gasteiger charge is 2.19. The molecule has 9 heteroatoms. The van der Waals surface area contributed by atoms with Gasteiger partial charge in [-0.25, -0.2) is 4.39 Å². The fourth-order valence-corrected chi connectivity index (χ4v) is 4.04. The predicted molar refractivity (Wildman–Crippen MR) is 120 cm³/mol. The highest BCUT2D eigenvalue weighted by atomic mass is 32.2. The molecule has 1 aromatic heterocycles. The number of piperazine rings is 1. The van der Waals surface area contributed by atoms with Crippen molar-refractivity contribution in [3.63, 3.8) is 0 Å². The summed E-state index contributed by atoms with van der Waals surface area (Å²) in [4.78, 5) is 17.3. The highest BCUT2D eigenvalue weighted by Crippen LogP contribution is 2.28. The number of amides is 1. The minimum absolute atomic E-state index is 0.128. The van der Waals surface area contributed by atoms with Gasteiger partial charge in [-0.2, -0.15) is 0 Å². The molecule has 0 radical (unpaired) electrons. The molecule has 0 atom stereocenters. The first-order valence-electron chi connectivity index (χ1n) is 10.2. The Hall–Kier alpha value is -2.91. The van der Waals surface area contributed by atoms with Gasteiger partial charge in [0.25, 0.3) is 5.22 Å². The number of para-hydroxylation sites is 2. The second-order valence-electron chi connectivity index (χ2n) is 7.16. The second kappa shape index (κ2) is 9.93. The van der Waals surface area contributed by atoms with Crippen LogP contribution >= 0.6 is 11.8 Å². The molecular formula is C22H24FN5O2S. The topological polar surface area (TPSA) is 74.5 Å². The van der Waals surface area contributed by atoms with Gasteiger partial charge in [-0.15, -0.1) is 10.2 Å². The maximum Gasteiger partial charge on any atom is 0.277 e. The maximum absolute atomic E-state index is 13.4. The van der Waals surface area contributed by atoms with Crippen molar-refractivity contribution in [2.75, 3.05) is 48.7 Å². The largest absolute Gasteiger partial charge is 0.411 e. The van der Waals surface area contributed by atoms with Crippen LogP contribution < -0.4 is 10.2 Å². The molecule has 0 saturated carbocycles. The first kappa shape index (κ1) is 21.3. The summed E-state index contributed by atoms with van der Waals surface area (Å²) in [6.45, 7) is 7.12. The van der Waals surface area contributed by atoms with Crippen molar-refractivity contribution < 1.29 is 13.6 Å². The van der Waals surface area contributed by atoms with Crippen molar-refractivity contribution in [1.29, 1.82) is 0 Å². The summed E-state index contributed by atoms with van der Waals surface area (Å²) in [6, 6.07) is 13.8. The van der Waals surface area contributed by atoms with Crippen LogP contribution in [0.3, 0.4) is 0 Å². The van der Waals surface area contributed by atoms with E-state index >= 15 is 0 Å². The third-order valence-corrected chi connectivity index (χ3v) is 5.96. The normalized spacial score (nSPS) is 14.6. The molecule has 1 N–H and O–H groups in total. The van der Waals surface area contributed by atoms with Gasteiger partial charge in [-0.3, -0.25) is 4.79 Å². The van der Waals surface area contributed by atoms with Crippen LogP contribution in [0.15, 0.2) is 58.2 Å². The van der Waals surface area contributed by atoms with Crippen LogP contribution in [0.1, 0.15) is 6.92 Å². The van der Waals surface area contributed by atoms with Gasteiger partial charge in [0, 0.05) is 31.7 Å². The van der Waals surface area contributed by atoms with Crippen molar-refractivity contribution in [2.24, 2.45) is 0 Å². The molecule has 2 aromatic carbocycles. The minimum atomic E-state index is -0.376. The van der Waals surface area contributed by atoms with Crippen LogP contribution in [0, 0.1) is 5.82 Å². The molecule has 7 nitrogen and oxygen atoms in total. The van der Waals surface area contributed by atoms with Gasteiger partial charge in [0.1, 0.15) is 5.82 Å². The van der Waals surface area contributed by atoms with Crippen molar-refractivity contribution in [3.05, 3.63) is 54.3 Å². The number of nitrogens with one attached hydrogen (secondary N) is 1. The Kier molecular flexibility index (Phi) is 6.83. The summed E-state index contributed by atoms with van der Waals surface area (Å²) >= 11 is 1.15. The molecule has 0 bridgehead atoms. The van der Waals surface area contributed by atoms with Gasteiger partial charge in [0.05, 0.1) is 17.1 Å². The molecule has 1 saturated heterocycles. The van der Waals surface area contributed by atoms with Gasteiger partial charge in [0.15, 0.2) is 0 Å². The van der Waals surface area contributed by atoms with E-state index in [0.717, 1.165) is 55.9 Å². The number of hydrogen-bond donors (Lipinski definition) is 1. The zero-order chi connectivity index (χ0) is 21.6. The lowest BCUT2D eigenvalue weighted by Gasteiger charge is -2.36. The SMILES string of the molecule is CCN1CCN(c2ccccc2NC(=O)CSc2nnc(-c3cccc(F)c3)o2)CC1. The molecule has 0 unspecified atom stereocenters. The molecule has 1 aliphatic rings. The Morgan fingerprint density at radius 1 is 1.13 bits per heavy atom.